The highest BCUT2D eigenvalue weighted by Crippen LogP contribution is 2.31. The summed E-state index contributed by atoms with van der Waals surface area (Å²) < 4.78 is 5.20. The van der Waals surface area contributed by atoms with Crippen molar-refractivity contribution in [3.63, 3.8) is 0 Å². The van der Waals surface area contributed by atoms with Crippen molar-refractivity contribution >= 4 is 11.9 Å². The minimum absolute atomic E-state index is 0.0474. The van der Waals surface area contributed by atoms with Gasteiger partial charge >= 0.3 is 5.97 Å². The lowest BCUT2D eigenvalue weighted by molar-refractivity contribution is -0.149. The molecule has 0 spiro atoms. The Morgan fingerprint density at radius 1 is 1.32 bits per heavy atom. The molecule has 6 nitrogen and oxygen atoms in total. The van der Waals surface area contributed by atoms with E-state index in [1.165, 1.54) is 0 Å². The molecule has 1 atom stereocenters. The Morgan fingerprint density at radius 2 is 2.04 bits per heavy atom. The van der Waals surface area contributed by atoms with Crippen molar-refractivity contribution in [1.29, 1.82) is 0 Å². The second kappa shape index (κ2) is 11.3. The lowest BCUT2D eigenvalue weighted by atomic mass is 9.79. The molecule has 1 unspecified atom stereocenters. The highest BCUT2D eigenvalue weighted by atomic mass is 16.5. The van der Waals surface area contributed by atoms with Gasteiger partial charge in [0.1, 0.15) is 0 Å². The van der Waals surface area contributed by atoms with Gasteiger partial charge in [0.25, 0.3) is 0 Å². The molecule has 1 saturated heterocycles. The van der Waals surface area contributed by atoms with Gasteiger partial charge in [-0.1, -0.05) is 13.8 Å². The largest absolute Gasteiger partial charge is 0.466 e. The maximum atomic E-state index is 12.1. The molecule has 0 amide bonds. The van der Waals surface area contributed by atoms with Crippen LogP contribution in [-0.2, 0) is 9.53 Å². The molecule has 0 radical (unpaired) electrons. The summed E-state index contributed by atoms with van der Waals surface area (Å²) in [5.74, 6) is 0.706. The SMILES string of the molecule is CCNC(=NCC(CC)(CC)CCO)N1CCCC(C(=O)OCC)C1. The molecule has 0 aromatic carbocycles. The van der Waals surface area contributed by atoms with Crippen LogP contribution in [0.5, 0.6) is 0 Å². The minimum Gasteiger partial charge on any atom is -0.466 e. The molecule has 1 aliphatic heterocycles. The summed E-state index contributed by atoms with van der Waals surface area (Å²) in [6, 6.07) is 0. The normalized spacial score (nSPS) is 19.0. The van der Waals surface area contributed by atoms with Gasteiger partial charge in [-0.2, -0.15) is 0 Å². The molecule has 2 N–H and O–H groups in total. The van der Waals surface area contributed by atoms with E-state index in [1.807, 2.05) is 6.92 Å². The van der Waals surface area contributed by atoms with Crippen LogP contribution >= 0.6 is 0 Å². The lowest BCUT2D eigenvalue weighted by Gasteiger charge is -2.35. The molecule has 1 heterocycles. The average molecular weight is 356 g/mol. The number of hydrogen-bond acceptors (Lipinski definition) is 4. The van der Waals surface area contributed by atoms with Gasteiger partial charge in [-0.3, -0.25) is 9.79 Å². The van der Waals surface area contributed by atoms with Crippen LogP contribution < -0.4 is 5.32 Å². The zero-order valence-electron chi connectivity index (χ0n) is 16.5. The summed E-state index contributed by atoms with van der Waals surface area (Å²) >= 11 is 0. The van der Waals surface area contributed by atoms with Gasteiger partial charge in [0, 0.05) is 32.8 Å². The Morgan fingerprint density at radius 3 is 2.60 bits per heavy atom. The zero-order chi connectivity index (χ0) is 18.7. The van der Waals surface area contributed by atoms with Crippen LogP contribution in [0.15, 0.2) is 4.99 Å². The molecule has 25 heavy (non-hydrogen) atoms. The second-order valence-electron chi connectivity index (χ2n) is 6.89. The first-order chi connectivity index (χ1) is 12.1. The van der Waals surface area contributed by atoms with Crippen molar-refractivity contribution in [1.82, 2.24) is 10.2 Å². The molecule has 1 fully saturated rings. The minimum atomic E-state index is -0.0974. The summed E-state index contributed by atoms with van der Waals surface area (Å²) in [5, 5.41) is 12.8. The smallest absolute Gasteiger partial charge is 0.310 e. The Labute approximate surface area is 153 Å². The fraction of sp³-hybridized carbons (Fsp3) is 0.895. The average Bonchev–Trinajstić information content (AvgIpc) is 2.64. The zero-order valence-corrected chi connectivity index (χ0v) is 16.5. The first-order valence-electron chi connectivity index (χ1n) is 9.86. The standard InChI is InChI=1S/C19H37N3O3/c1-5-19(6-2,11-13-23)15-21-18(20-7-3)22-12-9-10-16(14-22)17(24)25-8-4/h16,23H,5-15H2,1-4H3,(H,20,21). The van der Waals surface area contributed by atoms with Crippen molar-refractivity contribution in [3.8, 4) is 0 Å². The van der Waals surface area contributed by atoms with Gasteiger partial charge in [-0.15, -0.1) is 0 Å². The number of aliphatic imine (C=N–C) groups is 1. The maximum absolute atomic E-state index is 12.1. The monoisotopic (exact) mass is 355 g/mol. The van der Waals surface area contributed by atoms with Crippen LogP contribution in [0, 0.1) is 11.3 Å². The molecule has 146 valence electrons. The van der Waals surface area contributed by atoms with E-state index in [0.717, 1.165) is 51.2 Å². The number of likely N-dealkylation sites (tertiary alicyclic amines) is 1. The molecule has 0 saturated carbocycles. The van der Waals surface area contributed by atoms with Crippen molar-refractivity contribution in [2.75, 3.05) is 39.4 Å². The molecule has 1 aliphatic rings. The number of carbonyl (C=O) groups excluding carboxylic acids is 1. The maximum Gasteiger partial charge on any atom is 0.310 e. The van der Waals surface area contributed by atoms with Crippen molar-refractivity contribution in [2.24, 2.45) is 16.3 Å². The van der Waals surface area contributed by atoms with E-state index >= 15 is 0 Å². The third-order valence-corrected chi connectivity index (χ3v) is 5.38. The Bertz CT molecular complexity index is 422. The predicted octanol–water partition coefficient (Wildman–Crippen LogP) is 2.42. The predicted molar refractivity (Wildman–Crippen MR) is 102 cm³/mol. The molecule has 0 aromatic heterocycles. The number of carbonyl (C=O) groups is 1. The Hall–Kier alpha value is -1.30. The van der Waals surface area contributed by atoms with E-state index in [1.54, 1.807) is 0 Å². The van der Waals surface area contributed by atoms with Crippen LogP contribution in [0.1, 0.15) is 59.8 Å². The summed E-state index contributed by atoms with van der Waals surface area (Å²) in [6.07, 6.45) is 4.62. The fourth-order valence-corrected chi connectivity index (χ4v) is 3.43. The van der Waals surface area contributed by atoms with E-state index in [-0.39, 0.29) is 23.9 Å². The van der Waals surface area contributed by atoms with Crippen molar-refractivity contribution < 1.29 is 14.6 Å². The van der Waals surface area contributed by atoms with Crippen LogP contribution in [0.2, 0.25) is 0 Å². The van der Waals surface area contributed by atoms with Crippen LogP contribution in [0.25, 0.3) is 0 Å². The Balaban J connectivity index is 2.84. The number of rotatable bonds is 9. The fourth-order valence-electron chi connectivity index (χ4n) is 3.43. The molecule has 1 rings (SSSR count). The highest BCUT2D eigenvalue weighted by molar-refractivity contribution is 5.81. The van der Waals surface area contributed by atoms with E-state index in [9.17, 15) is 9.90 Å². The number of piperidine rings is 1. The van der Waals surface area contributed by atoms with Gasteiger partial charge in [0.2, 0.25) is 0 Å². The molecule has 0 aromatic rings. The van der Waals surface area contributed by atoms with Crippen molar-refractivity contribution in [3.05, 3.63) is 0 Å². The van der Waals surface area contributed by atoms with Gasteiger partial charge in [-0.05, 0) is 51.4 Å². The molecular formula is C19H37N3O3. The van der Waals surface area contributed by atoms with Crippen LogP contribution in [0.4, 0.5) is 0 Å². The topological polar surface area (TPSA) is 74.2 Å². The van der Waals surface area contributed by atoms with E-state index in [0.29, 0.717) is 19.7 Å². The molecule has 6 heteroatoms. The summed E-state index contributed by atoms with van der Waals surface area (Å²) in [7, 11) is 0. The van der Waals surface area contributed by atoms with E-state index in [4.69, 9.17) is 9.73 Å². The van der Waals surface area contributed by atoms with E-state index < -0.39 is 0 Å². The van der Waals surface area contributed by atoms with Crippen LogP contribution in [0.3, 0.4) is 0 Å². The third-order valence-electron chi connectivity index (χ3n) is 5.38. The van der Waals surface area contributed by atoms with Gasteiger partial charge < -0.3 is 20.1 Å². The third kappa shape index (κ3) is 6.49. The van der Waals surface area contributed by atoms with E-state index in [2.05, 4.69) is 31.0 Å². The van der Waals surface area contributed by atoms with Crippen molar-refractivity contribution in [2.45, 2.75) is 59.8 Å². The second-order valence-corrected chi connectivity index (χ2v) is 6.89. The number of aliphatic hydroxyl groups is 1. The van der Waals surface area contributed by atoms with Gasteiger partial charge in [-0.25, -0.2) is 0 Å². The van der Waals surface area contributed by atoms with Gasteiger partial charge in [0.15, 0.2) is 5.96 Å². The number of ether oxygens (including phenoxy) is 1. The first kappa shape index (κ1) is 21.7. The number of esters is 1. The Kier molecular flexibility index (Phi) is 9.86. The lowest BCUT2D eigenvalue weighted by Crippen LogP contribution is -2.48. The molecular weight excluding hydrogens is 318 g/mol. The molecule has 0 bridgehead atoms. The number of nitrogens with one attached hydrogen (secondary N) is 1. The first-order valence-corrected chi connectivity index (χ1v) is 9.86. The molecule has 0 aliphatic carbocycles. The van der Waals surface area contributed by atoms with Crippen LogP contribution in [-0.4, -0.2) is 61.3 Å². The van der Waals surface area contributed by atoms with Gasteiger partial charge in [0.05, 0.1) is 12.5 Å². The summed E-state index contributed by atoms with van der Waals surface area (Å²) in [6.45, 7) is 11.9. The highest BCUT2D eigenvalue weighted by Gasteiger charge is 2.30. The quantitative estimate of drug-likeness (QED) is 0.377. The number of guanidine groups is 1. The summed E-state index contributed by atoms with van der Waals surface area (Å²) in [5.41, 5.74) is 0.0474. The number of hydrogen-bond donors (Lipinski definition) is 2. The number of aliphatic hydroxyl groups excluding tert-OH is 1. The summed E-state index contributed by atoms with van der Waals surface area (Å²) in [4.78, 5) is 19.1. The number of nitrogens with zero attached hydrogens (tertiary/aromatic N) is 2.